The molecule has 0 unspecified atom stereocenters. The Morgan fingerprint density at radius 3 is 2.68 bits per heavy atom. The fourth-order valence-corrected chi connectivity index (χ4v) is 3.77. The lowest BCUT2D eigenvalue weighted by molar-refractivity contribution is 0.519. The number of thioether (sulfide) groups is 1. The van der Waals surface area contributed by atoms with Gasteiger partial charge in [0.15, 0.2) is 5.09 Å². The van der Waals surface area contributed by atoms with Crippen LogP contribution in [0.3, 0.4) is 0 Å². The van der Waals surface area contributed by atoms with E-state index in [1.165, 1.54) is 5.56 Å². The highest BCUT2D eigenvalue weighted by Gasteiger charge is 2.27. The first-order valence-electron chi connectivity index (χ1n) is 9.14. The number of benzene rings is 2. The molecule has 2 N–H and O–H groups in total. The van der Waals surface area contributed by atoms with Gasteiger partial charge in [0.1, 0.15) is 11.3 Å². The van der Waals surface area contributed by atoms with E-state index in [1.54, 1.807) is 18.0 Å². The van der Waals surface area contributed by atoms with E-state index in [1.807, 2.05) is 56.4 Å². The average Bonchev–Trinajstić information content (AvgIpc) is 3.18. The van der Waals surface area contributed by atoms with Crippen LogP contribution in [0.2, 0.25) is 0 Å². The van der Waals surface area contributed by atoms with Gasteiger partial charge in [-0.3, -0.25) is 0 Å². The summed E-state index contributed by atoms with van der Waals surface area (Å²) >= 11 is 1.59. The van der Waals surface area contributed by atoms with Gasteiger partial charge < -0.3 is 15.1 Å². The zero-order valence-electron chi connectivity index (χ0n) is 16.4. The summed E-state index contributed by atoms with van der Waals surface area (Å²) in [5, 5.41) is 4.30. The zero-order chi connectivity index (χ0) is 20.1. The van der Waals surface area contributed by atoms with Crippen molar-refractivity contribution in [1.82, 2.24) is 0 Å². The van der Waals surface area contributed by atoms with E-state index < -0.39 is 0 Å². The normalized spacial score (nSPS) is 12.3. The second-order valence-electron chi connectivity index (χ2n) is 6.35. The van der Waals surface area contributed by atoms with Crippen LogP contribution in [0.25, 0.3) is 21.9 Å². The molecule has 5 heteroatoms. The molecular weight excluding hydrogens is 368 g/mol. The molecule has 2 aromatic heterocycles. The van der Waals surface area contributed by atoms with Crippen molar-refractivity contribution < 1.29 is 8.83 Å². The van der Waals surface area contributed by atoms with Gasteiger partial charge in [0.2, 0.25) is 0 Å². The number of nitrogens with two attached hydrogens (primary N) is 1. The van der Waals surface area contributed by atoms with Crippen molar-refractivity contribution in [3.63, 3.8) is 0 Å². The van der Waals surface area contributed by atoms with Crippen LogP contribution in [0, 0.1) is 6.92 Å². The Morgan fingerprint density at radius 1 is 1.14 bits per heavy atom. The van der Waals surface area contributed by atoms with Gasteiger partial charge in [0, 0.05) is 24.6 Å². The monoisotopic (exact) mass is 393 g/mol. The molecule has 0 saturated carbocycles. The lowest BCUT2D eigenvalue weighted by Gasteiger charge is -2.10. The van der Waals surface area contributed by atoms with Crippen LogP contribution >= 0.6 is 11.8 Å². The minimum Gasteiger partial charge on any atom is -0.447 e. The first-order valence-corrected chi connectivity index (χ1v) is 9.96. The molecule has 2 aromatic carbocycles. The minimum absolute atomic E-state index is 0.750. The van der Waals surface area contributed by atoms with Crippen molar-refractivity contribution in [1.29, 1.82) is 0 Å². The lowest BCUT2D eigenvalue weighted by atomic mass is 10.2. The number of anilines is 1. The van der Waals surface area contributed by atoms with Crippen LogP contribution in [0.4, 0.5) is 5.69 Å². The first kappa shape index (κ1) is 20.0. The quantitative estimate of drug-likeness (QED) is 0.349. The highest BCUT2D eigenvalue weighted by atomic mass is 32.2. The average molecular weight is 394 g/mol. The minimum atomic E-state index is 0.750. The summed E-state index contributed by atoms with van der Waals surface area (Å²) in [6, 6.07) is 18.2. The van der Waals surface area contributed by atoms with Crippen molar-refractivity contribution in [2.45, 2.75) is 18.9 Å². The van der Waals surface area contributed by atoms with Gasteiger partial charge in [0.05, 0.1) is 10.4 Å². The third kappa shape index (κ3) is 4.21. The summed E-state index contributed by atoms with van der Waals surface area (Å²) in [5.41, 5.74) is 9.15. The summed E-state index contributed by atoms with van der Waals surface area (Å²) in [6.07, 6.45) is 1.69. The van der Waals surface area contributed by atoms with Crippen LogP contribution in [0.15, 0.2) is 86.4 Å². The number of rotatable bonds is 0. The summed E-state index contributed by atoms with van der Waals surface area (Å²) in [4.78, 5) is 2.08. The molecule has 0 radical (unpaired) electrons. The van der Waals surface area contributed by atoms with Crippen molar-refractivity contribution in [2.24, 2.45) is 5.73 Å². The van der Waals surface area contributed by atoms with E-state index in [0.29, 0.717) is 0 Å². The Morgan fingerprint density at radius 2 is 1.89 bits per heavy atom. The number of hydrogen-bond acceptors (Lipinski definition) is 4. The lowest BCUT2D eigenvalue weighted by Crippen LogP contribution is -2.07. The molecule has 0 spiro atoms. The standard InChI is InChI=1S/C11H9NOS.C10H9O.C2H7N/c1-7-12(2)10-8-5-3-4-6-9(8)13-11(10)14-7;1-8-4-5-10-9(7-8)3-2-6-11-10;1-2-3/h3-6H,1H2,2H3;2-7H,1H3;2-3H2,1H3/q;+1;. The Bertz CT molecular complexity index is 1100. The first-order chi connectivity index (χ1) is 13.5. The van der Waals surface area contributed by atoms with Crippen molar-refractivity contribution in [3.8, 4) is 0 Å². The Labute approximate surface area is 169 Å². The molecule has 3 heterocycles. The van der Waals surface area contributed by atoms with E-state index in [4.69, 9.17) is 14.6 Å². The highest BCUT2D eigenvalue weighted by molar-refractivity contribution is 8.03. The van der Waals surface area contributed by atoms with Crippen LogP contribution < -0.4 is 10.6 Å². The van der Waals surface area contributed by atoms with E-state index in [2.05, 4.69) is 30.5 Å². The Hall–Kier alpha value is -2.76. The zero-order valence-corrected chi connectivity index (χ0v) is 17.3. The van der Waals surface area contributed by atoms with Gasteiger partial charge in [-0.2, -0.15) is 0 Å². The Kier molecular flexibility index (Phi) is 6.39. The molecule has 1 aliphatic rings. The van der Waals surface area contributed by atoms with E-state index in [0.717, 1.165) is 44.3 Å². The van der Waals surface area contributed by atoms with Crippen molar-refractivity contribution in [2.75, 3.05) is 18.5 Å². The maximum Gasteiger partial charge on any atom is 0.359 e. The van der Waals surface area contributed by atoms with E-state index in [9.17, 15) is 0 Å². The summed E-state index contributed by atoms with van der Waals surface area (Å²) in [7, 11) is 2.02. The number of para-hydroxylation sites is 1. The number of aryl methyl sites for hydroxylation is 1. The fourth-order valence-electron chi connectivity index (χ4n) is 2.86. The summed E-state index contributed by atoms with van der Waals surface area (Å²) < 4.78 is 11.0. The van der Waals surface area contributed by atoms with Gasteiger partial charge in [-0.1, -0.05) is 25.6 Å². The number of fused-ring (bicyclic) bond motifs is 4. The maximum absolute atomic E-state index is 5.71. The molecule has 0 bridgehead atoms. The van der Waals surface area contributed by atoms with Gasteiger partial charge in [-0.15, -0.1) is 0 Å². The van der Waals surface area contributed by atoms with E-state index in [-0.39, 0.29) is 0 Å². The second kappa shape index (κ2) is 8.95. The molecule has 0 atom stereocenters. The SMILES string of the molecule is C=C1Sc2oc3ccccc3c2N1C.CCN.Cc1ccc2[o+]cccc2c1. The van der Waals surface area contributed by atoms with Crippen LogP contribution in [-0.4, -0.2) is 13.6 Å². The topological polar surface area (TPSA) is 53.7 Å². The summed E-state index contributed by atoms with van der Waals surface area (Å²) in [5.74, 6) is 0. The fraction of sp³-hybridized carbons (Fsp3) is 0.174. The molecule has 4 nitrogen and oxygen atoms in total. The van der Waals surface area contributed by atoms with Gasteiger partial charge in [-0.25, -0.2) is 4.42 Å². The van der Waals surface area contributed by atoms with Crippen molar-refractivity contribution in [3.05, 3.63) is 78.0 Å². The number of nitrogens with zero attached hydrogens (tertiary/aromatic N) is 1. The number of hydrogen-bond donors (Lipinski definition) is 1. The third-order valence-corrected chi connectivity index (χ3v) is 5.14. The van der Waals surface area contributed by atoms with Gasteiger partial charge in [-0.05, 0) is 61.1 Å². The van der Waals surface area contributed by atoms with Crippen LogP contribution in [0.5, 0.6) is 0 Å². The molecule has 0 aliphatic carbocycles. The highest BCUT2D eigenvalue weighted by Crippen LogP contribution is 2.49. The second-order valence-corrected chi connectivity index (χ2v) is 7.40. The largest absolute Gasteiger partial charge is 0.447 e. The van der Waals surface area contributed by atoms with Crippen LogP contribution in [0.1, 0.15) is 12.5 Å². The van der Waals surface area contributed by atoms with Crippen LogP contribution in [-0.2, 0) is 0 Å². The molecule has 0 saturated heterocycles. The van der Waals surface area contributed by atoms with Gasteiger partial charge >= 0.3 is 11.8 Å². The molecule has 0 amide bonds. The molecule has 1 aliphatic heterocycles. The third-order valence-electron chi connectivity index (χ3n) is 4.17. The molecule has 4 aromatic rings. The molecular formula is C23H25N2O2S+. The molecule has 0 fully saturated rings. The predicted molar refractivity (Wildman–Crippen MR) is 120 cm³/mol. The maximum atomic E-state index is 5.71. The number of furan rings is 1. The molecule has 144 valence electrons. The molecule has 28 heavy (non-hydrogen) atoms. The summed E-state index contributed by atoms with van der Waals surface area (Å²) in [6.45, 7) is 8.69. The van der Waals surface area contributed by atoms with E-state index >= 15 is 0 Å². The molecule has 5 rings (SSSR count). The predicted octanol–water partition coefficient (Wildman–Crippen LogP) is 6.43. The smallest absolute Gasteiger partial charge is 0.359 e. The van der Waals surface area contributed by atoms with Crippen molar-refractivity contribution >= 4 is 39.4 Å². The Balaban J connectivity index is 0.000000145. The van der Waals surface area contributed by atoms with Gasteiger partial charge in [0.25, 0.3) is 0 Å².